The summed E-state index contributed by atoms with van der Waals surface area (Å²) in [5, 5.41) is 5.17. The van der Waals surface area contributed by atoms with Crippen molar-refractivity contribution >= 4 is 17.2 Å². The van der Waals surface area contributed by atoms with E-state index in [1.165, 1.54) is 4.88 Å². The van der Waals surface area contributed by atoms with E-state index in [0.29, 0.717) is 12.5 Å². The fraction of sp³-hybridized carbons (Fsp3) is 0.615. The van der Waals surface area contributed by atoms with E-state index in [9.17, 15) is 4.79 Å². The second kappa shape index (κ2) is 5.82. The van der Waals surface area contributed by atoms with Crippen molar-refractivity contribution in [3.63, 3.8) is 0 Å². The van der Waals surface area contributed by atoms with Gasteiger partial charge in [-0.2, -0.15) is 0 Å². The second-order valence-corrected chi connectivity index (χ2v) is 6.24. The van der Waals surface area contributed by atoms with Gasteiger partial charge in [0.25, 0.3) is 0 Å². The molecule has 100 valence electrons. The van der Waals surface area contributed by atoms with Crippen molar-refractivity contribution in [3.8, 4) is 0 Å². The molecule has 3 N–H and O–H groups in total. The fourth-order valence-electron chi connectivity index (χ4n) is 2.20. The summed E-state index contributed by atoms with van der Waals surface area (Å²) in [6.07, 6.45) is 0. The Morgan fingerprint density at radius 2 is 2.33 bits per heavy atom. The standard InChI is InChI=1S/C13H21N3OS/c1-9(2)13(11-4-3-5-18-11)15-12(17)8-16-6-10(14)7-16/h3-5,9-10,13H,6-8,14H2,1-2H3,(H,15,17). The topological polar surface area (TPSA) is 58.4 Å². The molecule has 1 saturated heterocycles. The summed E-state index contributed by atoms with van der Waals surface area (Å²) in [5.41, 5.74) is 5.70. The number of rotatable bonds is 5. The highest BCUT2D eigenvalue weighted by molar-refractivity contribution is 7.10. The molecule has 4 nitrogen and oxygen atoms in total. The third-order valence-electron chi connectivity index (χ3n) is 3.19. The lowest BCUT2D eigenvalue weighted by atomic mass is 10.0. The molecule has 0 spiro atoms. The van der Waals surface area contributed by atoms with E-state index in [1.54, 1.807) is 11.3 Å². The zero-order valence-electron chi connectivity index (χ0n) is 10.9. The van der Waals surface area contributed by atoms with Gasteiger partial charge in [0, 0.05) is 24.0 Å². The largest absolute Gasteiger partial charge is 0.347 e. The van der Waals surface area contributed by atoms with Gasteiger partial charge in [0.05, 0.1) is 12.6 Å². The number of nitrogens with two attached hydrogens (primary N) is 1. The molecule has 0 saturated carbocycles. The van der Waals surface area contributed by atoms with Crippen molar-refractivity contribution in [1.29, 1.82) is 0 Å². The molecule has 1 aromatic rings. The van der Waals surface area contributed by atoms with Crippen LogP contribution in [0.1, 0.15) is 24.8 Å². The van der Waals surface area contributed by atoms with E-state index >= 15 is 0 Å². The first kappa shape index (κ1) is 13.5. The van der Waals surface area contributed by atoms with Gasteiger partial charge < -0.3 is 11.1 Å². The molecule has 1 aromatic heterocycles. The maximum atomic E-state index is 12.0. The lowest BCUT2D eigenvalue weighted by molar-refractivity contribution is -0.124. The third kappa shape index (κ3) is 3.31. The van der Waals surface area contributed by atoms with Crippen LogP contribution in [0.5, 0.6) is 0 Å². The van der Waals surface area contributed by atoms with Crippen molar-refractivity contribution in [1.82, 2.24) is 10.2 Å². The Kier molecular flexibility index (Phi) is 4.37. The minimum Gasteiger partial charge on any atom is -0.347 e. The molecule has 0 radical (unpaired) electrons. The van der Waals surface area contributed by atoms with Crippen LogP contribution in [0.2, 0.25) is 0 Å². The molecular formula is C13H21N3OS. The predicted octanol–water partition coefficient (Wildman–Crippen LogP) is 1.20. The number of thiophene rings is 1. The summed E-state index contributed by atoms with van der Waals surface area (Å²) in [6.45, 7) is 6.38. The maximum absolute atomic E-state index is 12.0. The number of hydrogen-bond donors (Lipinski definition) is 2. The summed E-state index contributed by atoms with van der Waals surface area (Å²) in [4.78, 5) is 15.3. The molecule has 2 rings (SSSR count). The molecule has 0 bridgehead atoms. The van der Waals surface area contributed by atoms with Gasteiger partial charge in [-0.25, -0.2) is 0 Å². The van der Waals surface area contributed by atoms with Crippen LogP contribution in [-0.4, -0.2) is 36.5 Å². The van der Waals surface area contributed by atoms with Gasteiger partial charge in [-0.15, -0.1) is 11.3 Å². The van der Waals surface area contributed by atoms with Crippen LogP contribution in [0.4, 0.5) is 0 Å². The Balaban J connectivity index is 1.87. The highest BCUT2D eigenvalue weighted by Gasteiger charge is 2.26. The second-order valence-electron chi connectivity index (χ2n) is 5.26. The number of carbonyl (C=O) groups is 1. The van der Waals surface area contributed by atoms with E-state index in [1.807, 2.05) is 11.4 Å². The van der Waals surface area contributed by atoms with Crippen molar-refractivity contribution in [3.05, 3.63) is 22.4 Å². The van der Waals surface area contributed by atoms with E-state index in [4.69, 9.17) is 5.73 Å². The molecule has 1 aliphatic heterocycles. The van der Waals surface area contributed by atoms with Gasteiger partial charge in [0.1, 0.15) is 0 Å². The van der Waals surface area contributed by atoms with Crippen molar-refractivity contribution in [2.45, 2.75) is 25.9 Å². The van der Waals surface area contributed by atoms with Crippen LogP contribution in [0.15, 0.2) is 17.5 Å². The highest BCUT2D eigenvalue weighted by atomic mass is 32.1. The number of hydrogen-bond acceptors (Lipinski definition) is 4. The molecule has 18 heavy (non-hydrogen) atoms. The predicted molar refractivity (Wildman–Crippen MR) is 74.5 cm³/mol. The zero-order chi connectivity index (χ0) is 13.1. The number of nitrogens with one attached hydrogen (secondary N) is 1. The number of amides is 1. The maximum Gasteiger partial charge on any atom is 0.234 e. The number of likely N-dealkylation sites (tertiary alicyclic amines) is 1. The van der Waals surface area contributed by atoms with Gasteiger partial charge >= 0.3 is 0 Å². The Morgan fingerprint density at radius 3 is 2.83 bits per heavy atom. The van der Waals surface area contributed by atoms with Gasteiger partial charge in [-0.05, 0) is 17.4 Å². The first-order valence-electron chi connectivity index (χ1n) is 6.37. The van der Waals surface area contributed by atoms with Crippen LogP contribution in [0.3, 0.4) is 0 Å². The fourth-order valence-corrected chi connectivity index (χ4v) is 3.14. The van der Waals surface area contributed by atoms with Gasteiger partial charge in [-0.3, -0.25) is 9.69 Å². The van der Waals surface area contributed by atoms with E-state index in [0.717, 1.165) is 13.1 Å². The van der Waals surface area contributed by atoms with E-state index in [2.05, 4.69) is 30.1 Å². The van der Waals surface area contributed by atoms with Crippen LogP contribution in [0, 0.1) is 5.92 Å². The highest BCUT2D eigenvalue weighted by Crippen LogP contribution is 2.25. The molecule has 0 aromatic carbocycles. The Morgan fingerprint density at radius 1 is 1.61 bits per heavy atom. The minimum absolute atomic E-state index is 0.0917. The van der Waals surface area contributed by atoms with Crippen molar-refractivity contribution in [2.24, 2.45) is 11.7 Å². The quantitative estimate of drug-likeness (QED) is 0.843. The number of carbonyl (C=O) groups excluding carboxylic acids is 1. The molecule has 1 atom stereocenters. The van der Waals surface area contributed by atoms with Crippen LogP contribution in [-0.2, 0) is 4.79 Å². The lowest BCUT2D eigenvalue weighted by Gasteiger charge is -2.36. The zero-order valence-corrected chi connectivity index (χ0v) is 11.7. The molecule has 5 heteroatoms. The normalized spacial score (nSPS) is 18.7. The monoisotopic (exact) mass is 267 g/mol. The molecule has 1 aliphatic rings. The molecular weight excluding hydrogens is 246 g/mol. The summed E-state index contributed by atoms with van der Waals surface area (Å²) in [5.74, 6) is 0.486. The van der Waals surface area contributed by atoms with Crippen LogP contribution < -0.4 is 11.1 Å². The van der Waals surface area contributed by atoms with Gasteiger partial charge in [0.2, 0.25) is 5.91 Å². The summed E-state index contributed by atoms with van der Waals surface area (Å²) in [7, 11) is 0. The molecule has 1 unspecified atom stereocenters. The Bertz CT molecular complexity index is 385. The van der Waals surface area contributed by atoms with E-state index < -0.39 is 0 Å². The minimum atomic E-state index is 0.0917. The van der Waals surface area contributed by atoms with Crippen LogP contribution >= 0.6 is 11.3 Å². The summed E-state index contributed by atoms with van der Waals surface area (Å²) in [6, 6.07) is 4.47. The lowest BCUT2D eigenvalue weighted by Crippen LogP contribution is -2.58. The average Bonchev–Trinajstić information content (AvgIpc) is 2.76. The summed E-state index contributed by atoms with van der Waals surface area (Å²) >= 11 is 1.69. The Hall–Kier alpha value is -0.910. The number of nitrogens with zero attached hydrogens (tertiary/aromatic N) is 1. The van der Waals surface area contributed by atoms with Crippen molar-refractivity contribution in [2.75, 3.05) is 19.6 Å². The SMILES string of the molecule is CC(C)C(NC(=O)CN1CC(N)C1)c1cccs1. The molecule has 2 heterocycles. The molecule has 0 aliphatic carbocycles. The molecule has 1 fully saturated rings. The van der Waals surface area contributed by atoms with Crippen LogP contribution in [0.25, 0.3) is 0 Å². The van der Waals surface area contributed by atoms with Crippen molar-refractivity contribution < 1.29 is 4.79 Å². The average molecular weight is 267 g/mol. The first-order chi connectivity index (χ1) is 8.56. The van der Waals surface area contributed by atoms with Gasteiger partial charge in [0.15, 0.2) is 0 Å². The van der Waals surface area contributed by atoms with Gasteiger partial charge in [-0.1, -0.05) is 19.9 Å². The third-order valence-corrected chi connectivity index (χ3v) is 4.14. The van der Waals surface area contributed by atoms with E-state index in [-0.39, 0.29) is 18.0 Å². The Labute approximate surface area is 112 Å². The smallest absolute Gasteiger partial charge is 0.234 e. The molecule has 1 amide bonds. The summed E-state index contributed by atoms with van der Waals surface area (Å²) < 4.78 is 0. The first-order valence-corrected chi connectivity index (χ1v) is 7.25.